The Morgan fingerprint density at radius 3 is 2.50 bits per heavy atom. The van der Waals surface area contributed by atoms with Crippen LogP contribution in [0.3, 0.4) is 0 Å². The van der Waals surface area contributed by atoms with Crippen LogP contribution in [-0.4, -0.2) is 43.0 Å². The highest BCUT2D eigenvalue weighted by molar-refractivity contribution is 6.36. The Morgan fingerprint density at radius 1 is 0.938 bits per heavy atom. The molecule has 2 aromatic rings. The van der Waals surface area contributed by atoms with Crippen LogP contribution in [0.5, 0.6) is 0 Å². The Labute approximate surface area is 190 Å². The summed E-state index contributed by atoms with van der Waals surface area (Å²) in [5, 5.41) is 0. The van der Waals surface area contributed by atoms with Gasteiger partial charge in [-0.25, -0.2) is 0 Å². The van der Waals surface area contributed by atoms with Crippen LogP contribution in [0.4, 0.5) is 5.69 Å². The van der Waals surface area contributed by atoms with E-state index in [-0.39, 0.29) is 11.8 Å². The molecule has 0 unspecified atom stereocenters. The molecule has 0 N–H and O–H groups in total. The van der Waals surface area contributed by atoms with Gasteiger partial charge in [-0.05, 0) is 61.4 Å². The Hall–Kier alpha value is -2.92. The predicted molar refractivity (Wildman–Crippen MR) is 127 cm³/mol. The number of carbonyl (C=O) groups is 2. The molecule has 168 valence electrons. The van der Waals surface area contributed by atoms with Gasteiger partial charge in [0.15, 0.2) is 0 Å². The van der Waals surface area contributed by atoms with Crippen LogP contribution in [0.25, 0.3) is 5.57 Å². The second-order valence-corrected chi connectivity index (χ2v) is 8.63. The normalized spacial score (nSPS) is 15.8. The fourth-order valence-corrected chi connectivity index (χ4v) is 4.42. The van der Waals surface area contributed by atoms with Crippen molar-refractivity contribution in [3.8, 4) is 0 Å². The molecule has 0 spiro atoms. The van der Waals surface area contributed by atoms with Crippen molar-refractivity contribution in [2.75, 3.05) is 31.2 Å². The third kappa shape index (κ3) is 4.22. The quantitative estimate of drug-likeness (QED) is 0.427. The molecule has 2 amide bonds. The standard InChI is InChI=1S/C27H32N2O3/c1-4-5-16-32-17-8-14-29-26(30)24(22-12-11-19(2)20(3)18-22)25(27(29)31)28-15-13-21-9-6-7-10-23(21)28/h6-7,9-12,18H,4-5,8,13-17H2,1-3H3. The van der Waals surface area contributed by atoms with Crippen molar-refractivity contribution >= 4 is 23.1 Å². The fourth-order valence-electron chi connectivity index (χ4n) is 4.42. The maximum absolute atomic E-state index is 13.6. The van der Waals surface area contributed by atoms with Gasteiger partial charge in [-0.15, -0.1) is 0 Å². The maximum Gasteiger partial charge on any atom is 0.278 e. The highest BCUT2D eigenvalue weighted by Gasteiger charge is 2.42. The van der Waals surface area contributed by atoms with Gasteiger partial charge in [0, 0.05) is 32.0 Å². The maximum atomic E-state index is 13.6. The van der Waals surface area contributed by atoms with Crippen molar-refractivity contribution in [3.05, 3.63) is 70.4 Å². The van der Waals surface area contributed by atoms with Gasteiger partial charge in [-0.2, -0.15) is 0 Å². The summed E-state index contributed by atoms with van der Waals surface area (Å²) in [6, 6.07) is 14.1. The van der Waals surface area contributed by atoms with Gasteiger partial charge in [0.25, 0.3) is 11.8 Å². The first kappa shape index (κ1) is 22.3. The molecule has 0 saturated heterocycles. The summed E-state index contributed by atoms with van der Waals surface area (Å²) >= 11 is 0. The minimum atomic E-state index is -0.203. The number of unbranched alkanes of at least 4 members (excludes halogenated alkanes) is 1. The molecule has 4 rings (SSSR count). The van der Waals surface area contributed by atoms with Gasteiger partial charge in [-0.1, -0.05) is 49.7 Å². The van der Waals surface area contributed by atoms with Gasteiger partial charge >= 0.3 is 0 Å². The molecule has 2 aliphatic heterocycles. The number of amides is 2. The Bertz CT molecular complexity index is 1060. The number of nitrogens with zero attached hydrogens (tertiary/aromatic N) is 2. The third-order valence-corrected chi connectivity index (χ3v) is 6.41. The molecule has 5 heteroatoms. The minimum absolute atomic E-state index is 0.200. The summed E-state index contributed by atoms with van der Waals surface area (Å²) in [6.07, 6.45) is 3.63. The van der Waals surface area contributed by atoms with Crippen LogP contribution in [-0.2, 0) is 20.7 Å². The molecule has 0 aromatic heterocycles. The second-order valence-electron chi connectivity index (χ2n) is 8.63. The number of ether oxygens (including phenoxy) is 1. The van der Waals surface area contributed by atoms with Crippen LogP contribution in [0.2, 0.25) is 0 Å². The lowest BCUT2D eigenvalue weighted by molar-refractivity contribution is -0.137. The molecule has 0 bridgehead atoms. The van der Waals surface area contributed by atoms with E-state index in [1.165, 1.54) is 16.0 Å². The monoisotopic (exact) mass is 432 g/mol. The zero-order valence-corrected chi connectivity index (χ0v) is 19.3. The fraction of sp³-hybridized carbons (Fsp3) is 0.407. The predicted octanol–water partition coefficient (Wildman–Crippen LogP) is 4.65. The van der Waals surface area contributed by atoms with E-state index in [1.807, 2.05) is 48.2 Å². The third-order valence-electron chi connectivity index (χ3n) is 6.41. The lowest BCUT2D eigenvalue weighted by Crippen LogP contribution is -2.36. The molecule has 0 fully saturated rings. The zero-order valence-electron chi connectivity index (χ0n) is 19.3. The van der Waals surface area contributed by atoms with E-state index in [1.54, 1.807) is 0 Å². The average molecular weight is 433 g/mol. The highest BCUT2D eigenvalue weighted by Crippen LogP contribution is 2.38. The first-order chi connectivity index (χ1) is 15.5. The first-order valence-corrected chi connectivity index (χ1v) is 11.6. The zero-order chi connectivity index (χ0) is 22.7. The van der Waals surface area contributed by atoms with Crippen molar-refractivity contribution in [1.29, 1.82) is 0 Å². The Morgan fingerprint density at radius 2 is 1.72 bits per heavy atom. The van der Waals surface area contributed by atoms with Crippen LogP contribution in [0.1, 0.15) is 48.4 Å². The number of hydrogen-bond donors (Lipinski definition) is 0. The van der Waals surface area contributed by atoms with E-state index in [0.29, 0.717) is 37.4 Å². The number of fused-ring (bicyclic) bond motifs is 1. The summed E-state index contributed by atoms with van der Waals surface area (Å²) in [5.41, 5.74) is 6.35. The molecule has 0 radical (unpaired) electrons. The van der Waals surface area contributed by atoms with Crippen LogP contribution < -0.4 is 4.90 Å². The minimum Gasteiger partial charge on any atom is -0.381 e. The lowest BCUT2D eigenvalue weighted by Gasteiger charge is -2.22. The summed E-state index contributed by atoms with van der Waals surface area (Å²) in [5.74, 6) is -0.403. The molecule has 0 saturated carbocycles. The number of imide groups is 1. The van der Waals surface area contributed by atoms with Gasteiger partial charge in [0.1, 0.15) is 5.70 Å². The van der Waals surface area contributed by atoms with Crippen molar-refractivity contribution in [1.82, 2.24) is 4.90 Å². The van der Waals surface area contributed by atoms with E-state index in [2.05, 4.69) is 19.9 Å². The smallest absolute Gasteiger partial charge is 0.278 e. The lowest BCUT2D eigenvalue weighted by atomic mass is 9.99. The van der Waals surface area contributed by atoms with Crippen molar-refractivity contribution in [2.45, 2.75) is 46.5 Å². The molecule has 2 heterocycles. The molecule has 2 aliphatic rings. The van der Waals surface area contributed by atoms with Crippen molar-refractivity contribution in [2.24, 2.45) is 0 Å². The van der Waals surface area contributed by atoms with Crippen LogP contribution in [0, 0.1) is 13.8 Å². The number of anilines is 1. The van der Waals surface area contributed by atoms with E-state index >= 15 is 0 Å². The number of benzene rings is 2. The molecular formula is C27H32N2O3. The number of rotatable bonds is 9. The van der Waals surface area contributed by atoms with E-state index < -0.39 is 0 Å². The van der Waals surface area contributed by atoms with Gasteiger partial charge < -0.3 is 9.64 Å². The first-order valence-electron chi connectivity index (χ1n) is 11.6. The Kier molecular flexibility index (Phi) is 6.75. The number of aryl methyl sites for hydroxylation is 2. The van der Waals surface area contributed by atoms with Crippen LogP contribution in [0.15, 0.2) is 48.2 Å². The summed E-state index contributed by atoms with van der Waals surface area (Å²) in [4.78, 5) is 30.6. The molecular weight excluding hydrogens is 400 g/mol. The van der Waals surface area contributed by atoms with E-state index in [4.69, 9.17) is 4.74 Å². The SMILES string of the molecule is CCCCOCCCN1C(=O)C(c2ccc(C)c(C)c2)=C(N2CCc3ccccc32)C1=O. The Balaban J connectivity index is 1.65. The van der Waals surface area contributed by atoms with Gasteiger partial charge in [0.05, 0.1) is 5.57 Å². The number of carbonyl (C=O) groups excluding carboxylic acids is 2. The molecule has 2 aromatic carbocycles. The van der Waals surface area contributed by atoms with E-state index in [0.717, 1.165) is 42.7 Å². The molecule has 0 atom stereocenters. The number of para-hydroxylation sites is 1. The van der Waals surface area contributed by atoms with Crippen molar-refractivity contribution in [3.63, 3.8) is 0 Å². The van der Waals surface area contributed by atoms with Gasteiger partial charge in [-0.3, -0.25) is 14.5 Å². The van der Waals surface area contributed by atoms with Crippen molar-refractivity contribution < 1.29 is 14.3 Å². The largest absolute Gasteiger partial charge is 0.381 e. The summed E-state index contributed by atoms with van der Waals surface area (Å²) in [6.45, 7) is 8.57. The van der Waals surface area contributed by atoms with Gasteiger partial charge in [0.2, 0.25) is 0 Å². The molecule has 5 nitrogen and oxygen atoms in total. The summed E-state index contributed by atoms with van der Waals surface area (Å²) < 4.78 is 5.64. The topological polar surface area (TPSA) is 49.9 Å². The number of hydrogen-bond acceptors (Lipinski definition) is 4. The van der Waals surface area contributed by atoms with E-state index in [9.17, 15) is 9.59 Å². The highest BCUT2D eigenvalue weighted by atomic mass is 16.5. The van der Waals surface area contributed by atoms with Crippen LogP contribution >= 0.6 is 0 Å². The molecule has 0 aliphatic carbocycles. The summed E-state index contributed by atoms with van der Waals surface area (Å²) in [7, 11) is 0. The second kappa shape index (κ2) is 9.70. The average Bonchev–Trinajstić information content (AvgIpc) is 3.31. The molecule has 32 heavy (non-hydrogen) atoms.